The second kappa shape index (κ2) is 9.25. The lowest BCUT2D eigenvalue weighted by molar-refractivity contribution is -0.196. The normalized spacial score (nSPS) is 17.2. The van der Waals surface area contributed by atoms with Gasteiger partial charge in [0.05, 0.1) is 11.2 Å². The number of hydrogen-bond donors (Lipinski definition) is 3. The highest BCUT2D eigenvalue weighted by Gasteiger charge is 2.46. The molecule has 15 heteroatoms. The molecule has 1 aromatic heterocycles. The molecule has 1 aliphatic heterocycles. The number of amides is 1. The van der Waals surface area contributed by atoms with Crippen LogP contribution < -0.4 is 21.3 Å². The Morgan fingerprint density at radius 2 is 1.95 bits per heavy atom. The Hall–Kier alpha value is -4.14. The minimum Gasteiger partial charge on any atom is -0.506 e. The van der Waals surface area contributed by atoms with Gasteiger partial charge in [-0.25, -0.2) is 4.39 Å². The number of sulfonamides is 1. The first-order valence-corrected chi connectivity index (χ1v) is 13.0. The van der Waals surface area contributed by atoms with E-state index in [1.54, 1.807) is 0 Å². The molecule has 2 heterocycles. The molecule has 1 amide bonds. The summed E-state index contributed by atoms with van der Waals surface area (Å²) in [5.74, 6) is -4.00. The number of aryl methyl sites for hydroxylation is 1. The first-order valence-electron chi connectivity index (χ1n) is 11.6. The van der Waals surface area contributed by atoms with Crippen LogP contribution in [0.5, 0.6) is 11.5 Å². The third kappa shape index (κ3) is 5.01. The van der Waals surface area contributed by atoms with Crippen molar-refractivity contribution in [1.82, 2.24) is 4.57 Å². The molecule has 0 bridgehead atoms. The number of amidine groups is 1. The largest absolute Gasteiger partial charge is 0.506 e. The fourth-order valence-electron chi connectivity index (χ4n) is 4.31. The lowest BCUT2D eigenvalue weighted by atomic mass is 10.1. The molecule has 5 rings (SSSR count). The van der Waals surface area contributed by atoms with Crippen LogP contribution in [0.3, 0.4) is 0 Å². The van der Waals surface area contributed by atoms with E-state index in [0.29, 0.717) is 18.4 Å². The molecule has 4 N–H and O–H groups in total. The van der Waals surface area contributed by atoms with Gasteiger partial charge in [0.1, 0.15) is 27.8 Å². The van der Waals surface area contributed by atoms with Crippen LogP contribution in [0.1, 0.15) is 24.8 Å². The van der Waals surface area contributed by atoms with Crippen molar-refractivity contribution in [2.45, 2.75) is 43.0 Å². The van der Waals surface area contributed by atoms with E-state index in [4.69, 9.17) is 5.73 Å². The first-order chi connectivity index (χ1) is 18.3. The van der Waals surface area contributed by atoms with Crippen LogP contribution >= 0.6 is 0 Å². The van der Waals surface area contributed by atoms with Gasteiger partial charge in [-0.1, -0.05) is 12.8 Å². The number of rotatable bonds is 7. The smallest absolute Gasteiger partial charge is 0.434 e. The van der Waals surface area contributed by atoms with Crippen molar-refractivity contribution >= 4 is 38.4 Å². The van der Waals surface area contributed by atoms with E-state index in [1.165, 1.54) is 10.6 Å². The van der Waals surface area contributed by atoms with E-state index in [9.17, 15) is 40.7 Å². The van der Waals surface area contributed by atoms with Gasteiger partial charge in [-0.2, -0.15) is 21.6 Å². The minimum atomic E-state index is -5.16. The van der Waals surface area contributed by atoms with Gasteiger partial charge in [0, 0.05) is 18.0 Å². The summed E-state index contributed by atoms with van der Waals surface area (Å²) in [5.41, 5.74) is 3.52. The van der Waals surface area contributed by atoms with Crippen molar-refractivity contribution in [1.29, 1.82) is 0 Å². The molecule has 39 heavy (non-hydrogen) atoms. The molecule has 206 valence electrons. The van der Waals surface area contributed by atoms with Crippen LogP contribution in [0.2, 0.25) is 0 Å². The number of benzene rings is 2. The summed E-state index contributed by atoms with van der Waals surface area (Å²) in [4.78, 5) is 24.1. The summed E-state index contributed by atoms with van der Waals surface area (Å²) in [5, 5.41) is 13.5. The maximum atomic E-state index is 14.1. The third-order valence-corrected chi connectivity index (χ3v) is 7.72. The second-order valence-electron chi connectivity index (χ2n) is 9.21. The zero-order valence-electron chi connectivity index (χ0n) is 19.8. The highest BCUT2D eigenvalue weighted by atomic mass is 32.2. The number of carbonyl (C=O) groups excluding carboxylic acids is 1. The molecular formula is C24H20F4N4O6S. The Kier molecular flexibility index (Phi) is 6.28. The SMILES string of the molecule is NC(=O)C(Oc1ccc2c(c1)S(=O)(=O)N=C(c1c(O)c3cc(F)ccc3n(CCC3CC3)c1=O)N2)C(F)(F)F. The number of anilines is 1. The third-order valence-electron chi connectivity index (χ3n) is 6.40. The zero-order valence-corrected chi connectivity index (χ0v) is 20.6. The number of nitrogens with zero attached hydrogens (tertiary/aromatic N) is 2. The summed E-state index contributed by atoms with van der Waals surface area (Å²) < 4.78 is 88.8. The van der Waals surface area contributed by atoms with E-state index in [0.717, 1.165) is 37.1 Å². The van der Waals surface area contributed by atoms with Crippen molar-refractivity contribution in [3.8, 4) is 11.5 Å². The standard InChI is InChI=1S/C24H20F4N4O6S/c25-12-3-6-16-14(9-12)19(33)18(23(35)32(16)8-7-11-1-2-11)22-30-15-5-4-13(10-17(15)39(36,37)31-22)38-20(21(29)34)24(26,27)28/h3-6,9-11,20,33H,1-2,7-8H2,(H2,29,34)(H,30,31). The monoisotopic (exact) mass is 568 g/mol. The number of alkyl halides is 3. The average Bonchev–Trinajstić information content (AvgIpc) is 3.66. The number of pyridine rings is 1. The zero-order chi connectivity index (χ0) is 28.3. The average molecular weight is 569 g/mol. The maximum Gasteiger partial charge on any atom is 0.434 e. The van der Waals surface area contributed by atoms with Crippen LogP contribution in [0.25, 0.3) is 10.9 Å². The number of ether oxygens (including phenoxy) is 1. The van der Waals surface area contributed by atoms with Crippen LogP contribution in [-0.2, 0) is 21.4 Å². The maximum absolute atomic E-state index is 14.1. The van der Waals surface area contributed by atoms with Crippen LogP contribution in [0.4, 0.5) is 23.2 Å². The Labute approximate surface area is 217 Å². The van der Waals surface area contributed by atoms with Crippen LogP contribution in [-0.4, -0.2) is 42.1 Å². The molecule has 2 aliphatic rings. The molecule has 0 saturated heterocycles. The van der Waals surface area contributed by atoms with Gasteiger partial charge >= 0.3 is 6.18 Å². The van der Waals surface area contributed by atoms with E-state index in [1.807, 2.05) is 0 Å². The summed E-state index contributed by atoms with van der Waals surface area (Å²) >= 11 is 0. The van der Waals surface area contributed by atoms with Gasteiger partial charge in [0.15, 0.2) is 5.84 Å². The van der Waals surface area contributed by atoms with Crippen molar-refractivity contribution in [2.75, 3.05) is 5.32 Å². The minimum absolute atomic E-state index is 0.0403. The molecular weight excluding hydrogens is 548 g/mol. The topological polar surface area (TPSA) is 153 Å². The molecule has 3 aromatic rings. The van der Waals surface area contributed by atoms with Crippen molar-refractivity contribution in [3.63, 3.8) is 0 Å². The van der Waals surface area contributed by atoms with E-state index < -0.39 is 67.4 Å². The quantitative estimate of drug-likeness (QED) is 0.371. The fourth-order valence-corrected chi connectivity index (χ4v) is 5.45. The van der Waals surface area contributed by atoms with E-state index >= 15 is 0 Å². The van der Waals surface area contributed by atoms with Gasteiger partial charge in [-0.3, -0.25) is 9.59 Å². The Morgan fingerprint density at radius 3 is 2.59 bits per heavy atom. The van der Waals surface area contributed by atoms with Crippen molar-refractivity contribution in [2.24, 2.45) is 16.0 Å². The predicted molar refractivity (Wildman–Crippen MR) is 131 cm³/mol. The number of nitrogens with two attached hydrogens (primary N) is 1. The number of hydrogen-bond acceptors (Lipinski definition) is 7. The molecule has 0 radical (unpaired) electrons. The van der Waals surface area contributed by atoms with Gasteiger partial charge in [0.2, 0.25) is 0 Å². The fraction of sp³-hybridized carbons (Fsp3) is 0.292. The second-order valence-corrected chi connectivity index (χ2v) is 10.8. The number of aromatic nitrogens is 1. The molecule has 1 fully saturated rings. The lowest BCUT2D eigenvalue weighted by Crippen LogP contribution is -2.45. The number of carbonyl (C=O) groups is 1. The van der Waals surface area contributed by atoms with E-state index in [-0.39, 0.29) is 23.1 Å². The summed E-state index contributed by atoms with van der Waals surface area (Å²) in [6, 6.07) is 6.18. The number of nitrogens with one attached hydrogen (secondary N) is 1. The number of fused-ring (bicyclic) bond motifs is 2. The van der Waals surface area contributed by atoms with Gasteiger partial charge < -0.3 is 25.5 Å². The lowest BCUT2D eigenvalue weighted by Gasteiger charge is -2.22. The summed E-state index contributed by atoms with van der Waals surface area (Å²) in [6.07, 6.45) is -5.53. The molecule has 0 spiro atoms. The van der Waals surface area contributed by atoms with E-state index in [2.05, 4.69) is 14.5 Å². The van der Waals surface area contributed by atoms with Crippen LogP contribution in [0.15, 0.2) is 50.5 Å². The van der Waals surface area contributed by atoms with Gasteiger partial charge in [0.25, 0.3) is 27.6 Å². The number of primary amides is 1. The first kappa shape index (κ1) is 26.5. The molecule has 10 nitrogen and oxygen atoms in total. The van der Waals surface area contributed by atoms with Gasteiger partial charge in [-0.15, -0.1) is 4.40 Å². The number of aromatic hydroxyl groups is 1. The molecule has 1 aliphatic carbocycles. The molecule has 2 aromatic carbocycles. The Morgan fingerprint density at radius 1 is 1.23 bits per heavy atom. The highest BCUT2D eigenvalue weighted by Crippen LogP contribution is 2.37. The predicted octanol–water partition coefficient (Wildman–Crippen LogP) is 3.00. The summed E-state index contributed by atoms with van der Waals surface area (Å²) in [7, 11) is -4.66. The van der Waals surface area contributed by atoms with Crippen molar-refractivity contribution < 1.29 is 40.6 Å². The van der Waals surface area contributed by atoms with Gasteiger partial charge in [-0.05, 0) is 42.7 Å². The highest BCUT2D eigenvalue weighted by molar-refractivity contribution is 7.90. The van der Waals surface area contributed by atoms with Crippen LogP contribution in [0, 0.1) is 11.7 Å². The summed E-state index contributed by atoms with van der Waals surface area (Å²) in [6.45, 7) is 0.233. The Balaban J connectivity index is 1.59. The molecule has 1 atom stereocenters. The number of halogens is 4. The van der Waals surface area contributed by atoms with Crippen molar-refractivity contribution in [3.05, 3.63) is 58.1 Å². The molecule has 1 saturated carbocycles. The molecule has 1 unspecified atom stereocenters. The Bertz CT molecular complexity index is 1710.